The first kappa shape index (κ1) is 24.1. The fourth-order valence-electron chi connectivity index (χ4n) is 5.10. The molecule has 1 saturated heterocycles. The Morgan fingerprint density at radius 1 is 1.08 bits per heavy atom. The number of Topliss-reactive ketones (excluding diaryl/α,β-unsaturated/α-hetero) is 1. The molecule has 1 amide bonds. The number of hydrogen-bond acceptors (Lipinski definition) is 7. The third kappa shape index (κ3) is 5.16. The lowest BCUT2D eigenvalue weighted by Gasteiger charge is -2.38. The quantitative estimate of drug-likeness (QED) is 0.364. The summed E-state index contributed by atoms with van der Waals surface area (Å²) in [5, 5.41) is 18.0. The molecule has 0 spiro atoms. The third-order valence-corrected chi connectivity index (χ3v) is 6.93. The number of benzene rings is 2. The van der Waals surface area contributed by atoms with Crippen molar-refractivity contribution in [3.63, 3.8) is 0 Å². The van der Waals surface area contributed by atoms with E-state index in [9.17, 15) is 14.8 Å². The summed E-state index contributed by atoms with van der Waals surface area (Å²) in [6, 6.07) is 18.4. The van der Waals surface area contributed by atoms with Gasteiger partial charge in [-0.25, -0.2) is 5.06 Å². The number of hydroxylamine groups is 2. The van der Waals surface area contributed by atoms with Crippen LogP contribution in [0.25, 0.3) is 16.5 Å². The summed E-state index contributed by atoms with van der Waals surface area (Å²) in [5.74, 6) is -0.665. The Kier molecular flexibility index (Phi) is 7.09. The van der Waals surface area contributed by atoms with Gasteiger partial charge >= 0.3 is 0 Å². The van der Waals surface area contributed by atoms with Crippen molar-refractivity contribution in [1.82, 2.24) is 20.7 Å². The van der Waals surface area contributed by atoms with Crippen LogP contribution in [-0.4, -0.2) is 65.3 Å². The number of pyridine rings is 1. The lowest BCUT2D eigenvalue weighted by atomic mass is 9.81. The Balaban J connectivity index is 1.30. The third-order valence-electron chi connectivity index (χ3n) is 6.93. The number of aromatic nitrogens is 1. The molecule has 36 heavy (non-hydrogen) atoms. The summed E-state index contributed by atoms with van der Waals surface area (Å²) >= 11 is 0. The molecule has 0 bridgehead atoms. The first-order chi connectivity index (χ1) is 17.5. The van der Waals surface area contributed by atoms with E-state index in [4.69, 9.17) is 4.74 Å². The summed E-state index contributed by atoms with van der Waals surface area (Å²) in [4.78, 5) is 30.9. The zero-order valence-electron chi connectivity index (χ0n) is 20.1. The molecule has 8 heteroatoms. The second kappa shape index (κ2) is 10.6. The predicted molar refractivity (Wildman–Crippen MR) is 136 cm³/mol. The van der Waals surface area contributed by atoms with Crippen LogP contribution in [0.2, 0.25) is 0 Å². The van der Waals surface area contributed by atoms with Crippen molar-refractivity contribution in [3.8, 4) is 5.75 Å². The highest BCUT2D eigenvalue weighted by Crippen LogP contribution is 2.28. The van der Waals surface area contributed by atoms with E-state index in [1.807, 2.05) is 60.7 Å². The maximum Gasteiger partial charge on any atom is 0.250 e. The largest absolute Gasteiger partial charge is 0.489 e. The molecule has 186 valence electrons. The molecule has 0 aliphatic carbocycles. The van der Waals surface area contributed by atoms with Crippen molar-refractivity contribution in [2.75, 3.05) is 20.1 Å². The Labute approximate surface area is 209 Å². The first-order valence-corrected chi connectivity index (χ1v) is 12.2. The molecule has 0 saturated carbocycles. The van der Waals surface area contributed by atoms with Gasteiger partial charge in [0, 0.05) is 31.7 Å². The Morgan fingerprint density at radius 3 is 2.72 bits per heavy atom. The van der Waals surface area contributed by atoms with Gasteiger partial charge < -0.3 is 15.4 Å². The van der Waals surface area contributed by atoms with Gasteiger partial charge in [-0.05, 0) is 48.2 Å². The molecule has 2 aliphatic heterocycles. The number of amides is 1. The monoisotopic (exact) mass is 486 g/mol. The smallest absolute Gasteiger partial charge is 0.250 e. The lowest BCUT2D eigenvalue weighted by molar-refractivity contribution is -0.168. The van der Waals surface area contributed by atoms with Crippen LogP contribution in [-0.2, 0) is 9.59 Å². The van der Waals surface area contributed by atoms with Gasteiger partial charge in [0.1, 0.15) is 11.9 Å². The van der Waals surface area contributed by atoms with Gasteiger partial charge in [0.15, 0.2) is 5.78 Å². The van der Waals surface area contributed by atoms with Crippen LogP contribution in [0.5, 0.6) is 5.75 Å². The van der Waals surface area contributed by atoms with Gasteiger partial charge in [-0.1, -0.05) is 42.5 Å². The van der Waals surface area contributed by atoms with Crippen LogP contribution in [0.15, 0.2) is 72.9 Å². The van der Waals surface area contributed by atoms with Crippen molar-refractivity contribution in [1.29, 1.82) is 0 Å². The number of hydrogen-bond donors (Lipinski definition) is 3. The molecule has 1 aromatic heterocycles. The maximum atomic E-state index is 13.6. The SMILES string of the molecule is CN(O)C(=O)[C@H]1C[C@H](Oc2ccc3ncccc3c2)CN[C@@H]1C(=O)C1CC(c2ccccc2)=CCN1. The van der Waals surface area contributed by atoms with Crippen molar-refractivity contribution in [3.05, 3.63) is 78.5 Å². The van der Waals surface area contributed by atoms with E-state index in [0.717, 1.165) is 22.0 Å². The molecule has 2 aliphatic rings. The average molecular weight is 487 g/mol. The van der Waals surface area contributed by atoms with Gasteiger partial charge in [-0.2, -0.15) is 0 Å². The summed E-state index contributed by atoms with van der Waals surface area (Å²) in [5.41, 5.74) is 3.07. The molecule has 4 atom stereocenters. The van der Waals surface area contributed by atoms with Gasteiger partial charge in [0.25, 0.3) is 5.91 Å². The van der Waals surface area contributed by atoms with Gasteiger partial charge in [0.05, 0.1) is 23.5 Å². The van der Waals surface area contributed by atoms with Crippen LogP contribution < -0.4 is 15.4 Å². The van der Waals surface area contributed by atoms with E-state index in [0.29, 0.717) is 36.7 Å². The Bertz CT molecular complexity index is 1280. The molecular formula is C28H30N4O4. The second-order valence-corrected chi connectivity index (χ2v) is 9.35. The summed E-state index contributed by atoms with van der Waals surface area (Å²) < 4.78 is 6.19. The van der Waals surface area contributed by atoms with Crippen LogP contribution in [0.3, 0.4) is 0 Å². The predicted octanol–water partition coefficient (Wildman–Crippen LogP) is 2.82. The molecule has 0 radical (unpaired) electrons. The van der Waals surface area contributed by atoms with Crippen molar-refractivity contribution >= 4 is 28.2 Å². The van der Waals surface area contributed by atoms with Crippen LogP contribution in [0.4, 0.5) is 0 Å². The number of ether oxygens (including phenoxy) is 1. The molecule has 1 unspecified atom stereocenters. The molecular weight excluding hydrogens is 456 g/mol. The topological polar surface area (TPSA) is 104 Å². The highest BCUT2D eigenvalue weighted by molar-refractivity contribution is 5.96. The zero-order valence-corrected chi connectivity index (χ0v) is 20.1. The summed E-state index contributed by atoms with van der Waals surface area (Å²) in [6.07, 6.45) is 4.36. The van der Waals surface area contributed by atoms with Crippen molar-refractivity contribution in [2.45, 2.75) is 31.0 Å². The van der Waals surface area contributed by atoms with E-state index in [1.165, 1.54) is 7.05 Å². The zero-order chi connectivity index (χ0) is 25.1. The first-order valence-electron chi connectivity index (χ1n) is 12.2. The number of nitrogens with one attached hydrogen (secondary N) is 2. The molecule has 5 rings (SSSR count). The standard InChI is InChI=1S/C28H30N4O4/c1-32(35)28(34)23-16-22(36-21-9-10-24-20(14-21)8-5-12-29-24)17-31-26(23)27(33)25-15-19(11-13-30-25)18-6-3-2-4-7-18/h2-12,14,22-23,25-26,30-31,35H,13,15-17H2,1H3/t22-,23-,25?,26-/m0/s1. The molecule has 3 heterocycles. The molecule has 3 N–H and O–H groups in total. The average Bonchev–Trinajstić information content (AvgIpc) is 2.92. The minimum absolute atomic E-state index is 0.0769. The number of ketones is 1. The van der Waals surface area contributed by atoms with Crippen molar-refractivity contribution in [2.24, 2.45) is 5.92 Å². The highest BCUT2D eigenvalue weighted by Gasteiger charge is 2.43. The van der Waals surface area contributed by atoms with Crippen LogP contribution in [0.1, 0.15) is 18.4 Å². The Morgan fingerprint density at radius 2 is 1.92 bits per heavy atom. The number of piperidine rings is 1. The fourth-order valence-corrected chi connectivity index (χ4v) is 5.10. The molecule has 3 aromatic rings. The molecule has 2 aromatic carbocycles. The van der Waals surface area contributed by atoms with E-state index < -0.39 is 23.9 Å². The number of carbonyl (C=O) groups is 2. The van der Waals surface area contributed by atoms with Gasteiger partial charge in [-0.3, -0.25) is 19.8 Å². The minimum Gasteiger partial charge on any atom is -0.489 e. The molecule has 1 fully saturated rings. The van der Waals surface area contributed by atoms with E-state index in [-0.39, 0.29) is 11.9 Å². The molecule has 8 nitrogen and oxygen atoms in total. The van der Waals surface area contributed by atoms with Crippen molar-refractivity contribution < 1.29 is 19.5 Å². The maximum absolute atomic E-state index is 13.6. The number of rotatable bonds is 6. The highest BCUT2D eigenvalue weighted by atomic mass is 16.5. The lowest BCUT2D eigenvalue weighted by Crippen LogP contribution is -2.60. The minimum atomic E-state index is -0.749. The van der Waals surface area contributed by atoms with Crippen LogP contribution >= 0.6 is 0 Å². The van der Waals surface area contributed by atoms with E-state index >= 15 is 0 Å². The number of nitrogens with zero attached hydrogens (tertiary/aromatic N) is 2. The number of carbonyl (C=O) groups excluding carboxylic acids is 2. The normalized spacial score (nSPS) is 24.1. The summed E-state index contributed by atoms with van der Waals surface area (Å²) in [7, 11) is 1.29. The number of fused-ring (bicyclic) bond motifs is 1. The summed E-state index contributed by atoms with van der Waals surface area (Å²) in [6.45, 7) is 0.989. The Hall–Kier alpha value is -3.59. The van der Waals surface area contributed by atoms with Gasteiger partial charge in [-0.15, -0.1) is 0 Å². The second-order valence-electron chi connectivity index (χ2n) is 9.35. The van der Waals surface area contributed by atoms with Crippen LogP contribution in [0, 0.1) is 5.92 Å². The van der Waals surface area contributed by atoms with E-state index in [2.05, 4.69) is 21.7 Å². The fraction of sp³-hybridized carbons (Fsp3) is 0.321. The van der Waals surface area contributed by atoms with Gasteiger partial charge in [0.2, 0.25) is 0 Å². The van der Waals surface area contributed by atoms with E-state index in [1.54, 1.807) is 6.20 Å².